The molecule has 3 aromatic rings. The quantitative estimate of drug-likeness (QED) is 0.592. The molecule has 1 amide bonds. The first kappa shape index (κ1) is 20.6. The Balaban J connectivity index is 1.34. The monoisotopic (exact) mass is 424 g/mol. The van der Waals surface area contributed by atoms with Crippen LogP contribution in [0.3, 0.4) is 0 Å². The number of thiophene rings is 1. The molecule has 1 aliphatic carbocycles. The van der Waals surface area contributed by atoms with Crippen LogP contribution in [0.5, 0.6) is 0 Å². The van der Waals surface area contributed by atoms with Gasteiger partial charge in [0, 0.05) is 30.7 Å². The van der Waals surface area contributed by atoms with E-state index in [1.807, 2.05) is 25.2 Å². The van der Waals surface area contributed by atoms with Gasteiger partial charge in [0.05, 0.1) is 11.7 Å². The van der Waals surface area contributed by atoms with Gasteiger partial charge in [-0.1, -0.05) is 25.1 Å². The lowest BCUT2D eigenvalue weighted by Crippen LogP contribution is -2.34. The second kappa shape index (κ2) is 9.00. The number of anilines is 1. The molecule has 0 saturated carbocycles. The van der Waals surface area contributed by atoms with Crippen LogP contribution in [-0.2, 0) is 24.2 Å². The summed E-state index contributed by atoms with van der Waals surface area (Å²) >= 11 is 1.63. The molecule has 158 valence electrons. The molecule has 1 aromatic carbocycles. The van der Waals surface area contributed by atoms with Crippen LogP contribution in [0.2, 0.25) is 0 Å². The molecule has 0 radical (unpaired) electrons. The summed E-state index contributed by atoms with van der Waals surface area (Å²) in [5.41, 5.74) is 2.22. The van der Waals surface area contributed by atoms with Crippen molar-refractivity contribution >= 4 is 33.1 Å². The van der Waals surface area contributed by atoms with Crippen LogP contribution < -0.4 is 15.8 Å². The topological polar surface area (TPSA) is 67.2 Å². The average Bonchev–Trinajstić information content (AvgIpc) is 3.12. The molecule has 0 aliphatic heterocycles. The van der Waals surface area contributed by atoms with Crippen molar-refractivity contribution in [2.24, 2.45) is 5.92 Å². The molecular weight excluding hydrogens is 396 g/mol. The molecule has 2 aromatic heterocycles. The Morgan fingerprint density at radius 2 is 2.13 bits per heavy atom. The zero-order chi connectivity index (χ0) is 21.1. The first-order chi connectivity index (χ1) is 14.5. The maximum Gasteiger partial charge on any atom is 0.262 e. The fourth-order valence-corrected chi connectivity index (χ4v) is 5.39. The molecule has 0 spiro atoms. The fraction of sp³-hybridized carbons (Fsp3) is 0.435. The van der Waals surface area contributed by atoms with Gasteiger partial charge in [-0.05, 0) is 49.3 Å². The smallest absolute Gasteiger partial charge is 0.262 e. The van der Waals surface area contributed by atoms with E-state index in [1.54, 1.807) is 11.3 Å². The van der Waals surface area contributed by atoms with Gasteiger partial charge in [0.2, 0.25) is 5.91 Å². The number of aryl methyl sites for hydroxylation is 1. The molecule has 2 heterocycles. The minimum absolute atomic E-state index is 0.0112. The SMILES string of the molecule is C[C@@H]1CCc2c(sc3ncn(CC(=O)NCCCN(C)c4ccccc4)c(=O)c23)C1. The predicted octanol–water partition coefficient (Wildman–Crippen LogP) is 3.23. The summed E-state index contributed by atoms with van der Waals surface area (Å²) in [7, 11) is 2.04. The lowest BCUT2D eigenvalue weighted by atomic mass is 9.89. The summed E-state index contributed by atoms with van der Waals surface area (Å²) < 4.78 is 1.44. The average molecular weight is 425 g/mol. The molecular formula is C23H28N4O2S. The van der Waals surface area contributed by atoms with Crippen molar-refractivity contribution in [2.75, 3.05) is 25.0 Å². The maximum absolute atomic E-state index is 13.0. The Morgan fingerprint density at radius 3 is 2.93 bits per heavy atom. The first-order valence-corrected chi connectivity index (χ1v) is 11.4. The summed E-state index contributed by atoms with van der Waals surface area (Å²) in [5, 5.41) is 3.65. The molecule has 1 atom stereocenters. The van der Waals surface area contributed by atoms with E-state index >= 15 is 0 Å². The third-order valence-electron chi connectivity index (χ3n) is 5.79. The summed E-state index contributed by atoms with van der Waals surface area (Å²) in [6.45, 7) is 3.68. The van der Waals surface area contributed by atoms with Gasteiger partial charge in [-0.3, -0.25) is 14.2 Å². The number of rotatable bonds is 7. The molecule has 7 heteroatoms. The number of para-hydroxylation sites is 1. The van der Waals surface area contributed by atoms with E-state index in [0.717, 1.165) is 53.7 Å². The van der Waals surface area contributed by atoms with E-state index in [1.165, 1.54) is 15.8 Å². The van der Waals surface area contributed by atoms with Gasteiger partial charge < -0.3 is 10.2 Å². The number of hydrogen-bond acceptors (Lipinski definition) is 5. The Labute approximate surface area is 180 Å². The van der Waals surface area contributed by atoms with Gasteiger partial charge >= 0.3 is 0 Å². The third kappa shape index (κ3) is 4.41. The molecule has 0 unspecified atom stereocenters. The summed E-state index contributed by atoms with van der Waals surface area (Å²) in [6.07, 6.45) is 5.40. The van der Waals surface area contributed by atoms with Crippen LogP contribution >= 0.6 is 11.3 Å². The number of aromatic nitrogens is 2. The highest BCUT2D eigenvalue weighted by molar-refractivity contribution is 7.18. The summed E-state index contributed by atoms with van der Waals surface area (Å²) in [4.78, 5) is 34.1. The van der Waals surface area contributed by atoms with Crippen LogP contribution in [-0.4, -0.2) is 35.6 Å². The third-order valence-corrected chi connectivity index (χ3v) is 6.95. The van der Waals surface area contributed by atoms with Gasteiger partial charge in [-0.25, -0.2) is 4.98 Å². The lowest BCUT2D eigenvalue weighted by Gasteiger charge is -2.19. The number of nitrogens with one attached hydrogen (secondary N) is 1. The predicted molar refractivity (Wildman–Crippen MR) is 122 cm³/mol. The van der Waals surface area contributed by atoms with Crippen molar-refractivity contribution in [3.63, 3.8) is 0 Å². The minimum Gasteiger partial charge on any atom is -0.375 e. The van der Waals surface area contributed by atoms with E-state index in [-0.39, 0.29) is 18.0 Å². The minimum atomic E-state index is -0.154. The van der Waals surface area contributed by atoms with Crippen molar-refractivity contribution in [2.45, 2.75) is 39.2 Å². The van der Waals surface area contributed by atoms with E-state index in [4.69, 9.17) is 0 Å². The lowest BCUT2D eigenvalue weighted by molar-refractivity contribution is -0.121. The highest BCUT2D eigenvalue weighted by atomic mass is 32.1. The molecule has 0 bridgehead atoms. The number of amides is 1. The summed E-state index contributed by atoms with van der Waals surface area (Å²) in [6, 6.07) is 10.2. The Hall–Kier alpha value is -2.67. The maximum atomic E-state index is 13.0. The van der Waals surface area contributed by atoms with Gasteiger partial charge in [-0.15, -0.1) is 11.3 Å². The molecule has 0 saturated heterocycles. The normalized spacial score (nSPS) is 15.7. The van der Waals surface area contributed by atoms with Crippen LogP contribution in [0.4, 0.5) is 5.69 Å². The zero-order valence-electron chi connectivity index (χ0n) is 17.6. The second-order valence-corrected chi connectivity index (χ2v) is 9.25. The van der Waals surface area contributed by atoms with Crippen LogP contribution in [0.1, 0.15) is 30.2 Å². The molecule has 6 nitrogen and oxygen atoms in total. The van der Waals surface area contributed by atoms with Gasteiger partial charge in [0.25, 0.3) is 5.56 Å². The van der Waals surface area contributed by atoms with Crippen molar-refractivity contribution in [1.82, 2.24) is 14.9 Å². The van der Waals surface area contributed by atoms with Gasteiger partial charge in [0.1, 0.15) is 11.4 Å². The fourth-order valence-electron chi connectivity index (χ4n) is 4.04. The van der Waals surface area contributed by atoms with Crippen molar-refractivity contribution in [1.29, 1.82) is 0 Å². The molecule has 1 aliphatic rings. The molecule has 1 N–H and O–H groups in total. The molecule has 0 fully saturated rings. The number of carbonyl (C=O) groups excluding carboxylic acids is 1. The number of fused-ring (bicyclic) bond motifs is 3. The molecule has 30 heavy (non-hydrogen) atoms. The zero-order valence-corrected chi connectivity index (χ0v) is 18.4. The molecule has 4 rings (SSSR count). The Kier molecular flexibility index (Phi) is 6.18. The number of nitrogens with zero attached hydrogens (tertiary/aromatic N) is 3. The number of benzene rings is 1. The van der Waals surface area contributed by atoms with Crippen LogP contribution in [0.15, 0.2) is 41.5 Å². The van der Waals surface area contributed by atoms with Gasteiger partial charge in [-0.2, -0.15) is 0 Å². The highest BCUT2D eigenvalue weighted by Gasteiger charge is 2.23. The van der Waals surface area contributed by atoms with Gasteiger partial charge in [0.15, 0.2) is 0 Å². The van der Waals surface area contributed by atoms with E-state index in [2.05, 4.69) is 34.3 Å². The second-order valence-electron chi connectivity index (χ2n) is 8.17. The van der Waals surface area contributed by atoms with E-state index in [9.17, 15) is 9.59 Å². The van der Waals surface area contributed by atoms with Crippen molar-refractivity contribution in [3.8, 4) is 0 Å². The summed E-state index contributed by atoms with van der Waals surface area (Å²) in [5.74, 6) is 0.498. The van der Waals surface area contributed by atoms with Crippen LogP contribution in [0, 0.1) is 5.92 Å². The number of hydrogen-bond donors (Lipinski definition) is 1. The van der Waals surface area contributed by atoms with Crippen LogP contribution in [0.25, 0.3) is 10.2 Å². The standard InChI is InChI=1S/C23H28N4O2S/c1-16-9-10-18-19(13-16)30-22-21(18)23(29)27(15-25-22)14-20(28)24-11-6-12-26(2)17-7-4-3-5-8-17/h3-5,7-8,15-16H,6,9-14H2,1-2H3,(H,24,28)/t16-/m1/s1. The van der Waals surface area contributed by atoms with Crippen molar-refractivity contribution in [3.05, 3.63) is 57.5 Å². The first-order valence-electron chi connectivity index (χ1n) is 10.6. The highest BCUT2D eigenvalue weighted by Crippen LogP contribution is 2.35. The Bertz CT molecular complexity index is 1090. The number of carbonyl (C=O) groups is 1. The van der Waals surface area contributed by atoms with E-state index < -0.39 is 0 Å². The Morgan fingerprint density at radius 1 is 1.33 bits per heavy atom. The van der Waals surface area contributed by atoms with E-state index in [0.29, 0.717) is 12.5 Å². The van der Waals surface area contributed by atoms with Crippen molar-refractivity contribution < 1.29 is 4.79 Å². The largest absolute Gasteiger partial charge is 0.375 e.